The molecule has 2 aliphatic heterocycles. The molecular weight excluding hydrogens is 362 g/mol. The summed E-state index contributed by atoms with van der Waals surface area (Å²) < 4.78 is 5.06. The molecule has 0 radical (unpaired) electrons. The molecule has 28 heavy (non-hydrogen) atoms. The average Bonchev–Trinajstić information content (AvgIpc) is 2.93. The number of nitrogens with zero attached hydrogens (tertiary/aromatic N) is 2. The number of ether oxygens (including phenoxy) is 1. The first-order valence-electron chi connectivity index (χ1n) is 10.5. The molecule has 3 aliphatic rings. The van der Waals surface area contributed by atoms with Gasteiger partial charge in [0.25, 0.3) is 5.91 Å². The largest absolute Gasteiger partial charge is 0.466 e. The zero-order valence-electron chi connectivity index (χ0n) is 16.9. The highest BCUT2D eigenvalue weighted by Gasteiger charge is 2.52. The van der Waals surface area contributed by atoms with Crippen molar-refractivity contribution in [3.8, 4) is 0 Å². The Hall–Kier alpha value is -2.12. The van der Waals surface area contributed by atoms with Crippen molar-refractivity contribution in [1.29, 1.82) is 0 Å². The summed E-state index contributed by atoms with van der Waals surface area (Å²) >= 11 is 0. The van der Waals surface area contributed by atoms with Gasteiger partial charge in [-0.15, -0.1) is 0 Å². The van der Waals surface area contributed by atoms with Gasteiger partial charge >= 0.3 is 12.0 Å². The molecule has 8 nitrogen and oxygen atoms in total. The van der Waals surface area contributed by atoms with Crippen LogP contribution in [0.1, 0.15) is 58.8 Å². The summed E-state index contributed by atoms with van der Waals surface area (Å²) in [7, 11) is 0. The Morgan fingerprint density at radius 1 is 1.18 bits per heavy atom. The van der Waals surface area contributed by atoms with Gasteiger partial charge in [-0.25, -0.2) is 4.79 Å². The lowest BCUT2D eigenvalue weighted by molar-refractivity contribution is -0.152. The third-order valence-electron chi connectivity index (χ3n) is 6.47. The molecule has 2 saturated heterocycles. The van der Waals surface area contributed by atoms with E-state index >= 15 is 0 Å². The van der Waals surface area contributed by atoms with E-state index in [1.54, 1.807) is 11.8 Å². The van der Waals surface area contributed by atoms with Gasteiger partial charge in [0.05, 0.1) is 12.5 Å². The molecule has 4 amide bonds. The van der Waals surface area contributed by atoms with Crippen molar-refractivity contribution in [2.45, 2.75) is 64.3 Å². The molecule has 0 aromatic rings. The Labute approximate surface area is 165 Å². The Bertz CT molecular complexity index is 642. The normalized spacial score (nSPS) is 30.5. The fraction of sp³-hybridized carbons (Fsp3) is 0.800. The van der Waals surface area contributed by atoms with Crippen LogP contribution >= 0.6 is 0 Å². The van der Waals surface area contributed by atoms with Crippen molar-refractivity contribution in [1.82, 2.24) is 15.1 Å². The fourth-order valence-corrected chi connectivity index (χ4v) is 4.63. The van der Waals surface area contributed by atoms with Crippen LogP contribution in [0.5, 0.6) is 0 Å². The van der Waals surface area contributed by atoms with Crippen LogP contribution < -0.4 is 5.32 Å². The quantitative estimate of drug-likeness (QED) is 0.566. The van der Waals surface area contributed by atoms with Crippen LogP contribution in [0.3, 0.4) is 0 Å². The zero-order valence-corrected chi connectivity index (χ0v) is 16.9. The predicted octanol–water partition coefficient (Wildman–Crippen LogP) is 1.68. The van der Waals surface area contributed by atoms with Crippen LogP contribution in [-0.2, 0) is 19.1 Å². The summed E-state index contributed by atoms with van der Waals surface area (Å²) in [5.41, 5.74) is -0.835. The van der Waals surface area contributed by atoms with Crippen molar-refractivity contribution < 1.29 is 23.9 Å². The van der Waals surface area contributed by atoms with E-state index in [-0.39, 0.29) is 36.8 Å². The van der Waals surface area contributed by atoms with Gasteiger partial charge in [-0.3, -0.25) is 19.3 Å². The summed E-state index contributed by atoms with van der Waals surface area (Å²) in [6, 6.07) is -0.479. The Morgan fingerprint density at radius 2 is 1.89 bits per heavy atom. The van der Waals surface area contributed by atoms with E-state index in [1.165, 1.54) is 0 Å². The maximum absolute atomic E-state index is 13.0. The molecule has 0 aromatic heterocycles. The SMILES string of the molecule is CCOC(=O)C1CCCN(C(=O)CN2C(=O)NC3(CCC(CC)CC3)C2=O)C1. The molecule has 0 bridgehead atoms. The molecule has 1 unspecified atom stereocenters. The minimum atomic E-state index is -0.835. The molecule has 3 fully saturated rings. The van der Waals surface area contributed by atoms with Gasteiger partial charge in [0, 0.05) is 13.1 Å². The number of hydrogen-bond acceptors (Lipinski definition) is 5. The van der Waals surface area contributed by atoms with Crippen LogP contribution in [-0.4, -0.2) is 65.4 Å². The van der Waals surface area contributed by atoms with Gasteiger partial charge in [0.15, 0.2) is 0 Å². The standard InChI is InChI=1S/C20H31N3O5/c1-3-14-7-9-20(10-8-14)18(26)23(19(27)21-20)13-16(24)22-11-5-6-15(12-22)17(25)28-4-2/h14-15H,3-13H2,1-2H3,(H,21,27). The first-order valence-corrected chi connectivity index (χ1v) is 10.5. The first kappa shape index (κ1) is 20.6. The van der Waals surface area contributed by atoms with Crippen LogP contribution in [0, 0.1) is 11.8 Å². The summed E-state index contributed by atoms with van der Waals surface area (Å²) in [5, 5.41) is 2.86. The van der Waals surface area contributed by atoms with Crippen LogP contribution in [0.15, 0.2) is 0 Å². The number of urea groups is 1. The minimum Gasteiger partial charge on any atom is -0.466 e. The molecule has 8 heteroatoms. The second kappa shape index (κ2) is 8.49. The lowest BCUT2D eigenvalue weighted by atomic mass is 9.75. The van der Waals surface area contributed by atoms with Crippen molar-refractivity contribution in [3.05, 3.63) is 0 Å². The first-order chi connectivity index (χ1) is 13.4. The van der Waals surface area contributed by atoms with E-state index in [0.29, 0.717) is 44.8 Å². The van der Waals surface area contributed by atoms with Crippen molar-refractivity contribution in [3.63, 3.8) is 0 Å². The number of carbonyl (C=O) groups is 4. The second-order valence-electron chi connectivity index (χ2n) is 8.19. The number of amides is 4. The lowest BCUT2D eigenvalue weighted by Crippen LogP contribution is -2.51. The van der Waals surface area contributed by atoms with E-state index in [1.807, 2.05) is 0 Å². The van der Waals surface area contributed by atoms with Crippen LogP contribution in [0.25, 0.3) is 0 Å². The summed E-state index contributed by atoms with van der Waals surface area (Å²) in [6.07, 6.45) is 5.57. The van der Waals surface area contributed by atoms with Gasteiger partial charge in [0.2, 0.25) is 5.91 Å². The summed E-state index contributed by atoms with van der Waals surface area (Å²) in [6.45, 7) is 4.76. The van der Waals surface area contributed by atoms with Crippen molar-refractivity contribution in [2.24, 2.45) is 11.8 Å². The molecule has 1 aliphatic carbocycles. The number of rotatable bonds is 5. The maximum Gasteiger partial charge on any atom is 0.325 e. The maximum atomic E-state index is 13.0. The minimum absolute atomic E-state index is 0.265. The van der Waals surface area contributed by atoms with E-state index in [4.69, 9.17) is 4.74 Å². The topological polar surface area (TPSA) is 96.0 Å². The highest BCUT2D eigenvalue weighted by Crippen LogP contribution is 2.37. The summed E-state index contributed by atoms with van der Waals surface area (Å²) in [4.78, 5) is 52.7. The number of piperidine rings is 1. The van der Waals surface area contributed by atoms with Gasteiger partial charge in [-0.2, -0.15) is 0 Å². The molecule has 2 heterocycles. The second-order valence-corrected chi connectivity index (χ2v) is 8.19. The molecule has 3 rings (SSSR count). The van der Waals surface area contributed by atoms with E-state index < -0.39 is 11.6 Å². The molecule has 0 aromatic carbocycles. The average molecular weight is 393 g/mol. The van der Waals surface area contributed by atoms with Crippen LogP contribution in [0.4, 0.5) is 4.79 Å². The molecule has 156 valence electrons. The Kier molecular flexibility index (Phi) is 6.25. The molecule has 1 atom stereocenters. The number of imide groups is 1. The van der Waals surface area contributed by atoms with Gasteiger partial charge in [0.1, 0.15) is 12.1 Å². The highest BCUT2D eigenvalue weighted by atomic mass is 16.5. The van der Waals surface area contributed by atoms with Gasteiger partial charge in [-0.05, 0) is 51.4 Å². The van der Waals surface area contributed by atoms with Crippen LogP contribution in [0.2, 0.25) is 0 Å². The molecule has 1 N–H and O–H groups in total. The van der Waals surface area contributed by atoms with Crippen molar-refractivity contribution >= 4 is 23.8 Å². The highest BCUT2D eigenvalue weighted by molar-refractivity contribution is 6.09. The van der Waals surface area contributed by atoms with Gasteiger partial charge in [-0.1, -0.05) is 13.3 Å². The predicted molar refractivity (Wildman–Crippen MR) is 101 cm³/mol. The summed E-state index contributed by atoms with van der Waals surface area (Å²) in [5.74, 6) is -0.603. The van der Waals surface area contributed by atoms with E-state index in [9.17, 15) is 19.2 Å². The van der Waals surface area contributed by atoms with Gasteiger partial charge < -0.3 is 15.0 Å². The third kappa shape index (κ3) is 4.00. The van der Waals surface area contributed by atoms with Crippen molar-refractivity contribution in [2.75, 3.05) is 26.2 Å². The Morgan fingerprint density at radius 3 is 2.54 bits per heavy atom. The molecule has 1 saturated carbocycles. The Balaban J connectivity index is 1.60. The number of likely N-dealkylation sites (tertiary alicyclic amines) is 1. The number of carbonyl (C=O) groups excluding carboxylic acids is 4. The zero-order chi connectivity index (χ0) is 20.3. The molecule has 1 spiro atoms. The third-order valence-corrected chi connectivity index (χ3v) is 6.47. The monoisotopic (exact) mass is 393 g/mol. The number of esters is 1. The smallest absolute Gasteiger partial charge is 0.325 e. The lowest BCUT2D eigenvalue weighted by Gasteiger charge is -2.35. The number of hydrogen-bond donors (Lipinski definition) is 1. The number of nitrogens with one attached hydrogen (secondary N) is 1. The van der Waals surface area contributed by atoms with E-state index in [2.05, 4.69) is 12.2 Å². The van der Waals surface area contributed by atoms with E-state index in [0.717, 1.165) is 24.2 Å². The fourth-order valence-electron chi connectivity index (χ4n) is 4.63. The molecular formula is C20H31N3O5.